The van der Waals surface area contributed by atoms with Crippen molar-refractivity contribution in [3.63, 3.8) is 0 Å². The molecule has 0 saturated carbocycles. The first-order valence-electron chi connectivity index (χ1n) is 9.52. The predicted octanol–water partition coefficient (Wildman–Crippen LogP) is 4.94. The molecule has 162 valence electrons. The lowest BCUT2D eigenvalue weighted by molar-refractivity contribution is -0.384. The molecule has 0 fully saturated rings. The van der Waals surface area contributed by atoms with Crippen LogP contribution in [0.5, 0.6) is 0 Å². The van der Waals surface area contributed by atoms with Crippen molar-refractivity contribution in [1.29, 1.82) is 0 Å². The second-order valence-corrected chi connectivity index (χ2v) is 7.86. The van der Waals surface area contributed by atoms with Gasteiger partial charge in [-0.1, -0.05) is 29.8 Å². The third-order valence-corrected chi connectivity index (χ3v) is 5.33. The summed E-state index contributed by atoms with van der Waals surface area (Å²) < 4.78 is 5.96. The standard InChI is InChI=1S/C22H17ClN4O4S/c1-12-19(21(28)25-14-5-3-2-4-6-14)20(26-22(32)24-12)18-10-9-17(31-18)15-8-7-13(23)11-16(15)27(29)30/h2-11,20H,1H3,(H,25,28)(H2,24,26,32)/t20-/m1/s1. The maximum absolute atomic E-state index is 13.1. The third kappa shape index (κ3) is 4.34. The zero-order chi connectivity index (χ0) is 22.8. The van der Waals surface area contributed by atoms with Gasteiger partial charge in [0.15, 0.2) is 5.11 Å². The lowest BCUT2D eigenvalue weighted by Gasteiger charge is -2.28. The number of nitrogens with one attached hydrogen (secondary N) is 3. The molecule has 0 spiro atoms. The Morgan fingerprint density at radius 3 is 2.66 bits per heavy atom. The minimum Gasteiger partial charge on any atom is -0.458 e. The highest BCUT2D eigenvalue weighted by atomic mass is 35.5. The SMILES string of the molecule is CC1=C(C(=O)Nc2ccccc2)[C@@H](c2ccc(-c3ccc(Cl)cc3[N+](=O)[O-])o2)NC(=S)N1. The predicted molar refractivity (Wildman–Crippen MR) is 125 cm³/mol. The van der Waals surface area contributed by atoms with E-state index >= 15 is 0 Å². The summed E-state index contributed by atoms with van der Waals surface area (Å²) in [5.74, 6) is 0.317. The molecule has 0 saturated heterocycles. The fraction of sp³-hybridized carbons (Fsp3) is 0.0909. The van der Waals surface area contributed by atoms with Crippen molar-refractivity contribution in [3.8, 4) is 11.3 Å². The van der Waals surface area contributed by atoms with Gasteiger partial charge in [-0.25, -0.2) is 0 Å². The van der Waals surface area contributed by atoms with E-state index in [2.05, 4.69) is 16.0 Å². The topological polar surface area (TPSA) is 109 Å². The minimum atomic E-state index is -0.687. The van der Waals surface area contributed by atoms with Gasteiger partial charge in [-0.15, -0.1) is 0 Å². The minimum absolute atomic E-state index is 0.180. The molecule has 1 amide bonds. The molecule has 32 heavy (non-hydrogen) atoms. The van der Waals surface area contributed by atoms with E-state index < -0.39 is 11.0 Å². The number of nitro benzene ring substituents is 1. The average molecular weight is 469 g/mol. The first-order valence-corrected chi connectivity index (χ1v) is 10.3. The number of furan rings is 1. The van der Waals surface area contributed by atoms with E-state index in [1.54, 1.807) is 37.3 Å². The molecule has 1 atom stereocenters. The normalized spacial score (nSPS) is 15.7. The Morgan fingerprint density at radius 2 is 1.94 bits per heavy atom. The Balaban J connectivity index is 1.70. The molecule has 4 rings (SSSR count). The van der Waals surface area contributed by atoms with Crippen LogP contribution in [0.1, 0.15) is 18.7 Å². The Bertz CT molecular complexity index is 1260. The van der Waals surface area contributed by atoms with E-state index in [-0.39, 0.29) is 27.9 Å². The average Bonchev–Trinajstić information content (AvgIpc) is 3.23. The fourth-order valence-electron chi connectivity index (χ4n) is 3.45. The number of hydrogen-bond acceptors (Lipinski definition) is 5. The summed E-state index contributed by atoms with van der Waals surface area (Å²) in [6, 6.07) is 16.0. The first kappa shape index (κ1) is 21.5. The Kier molecular flexibility index (Phi) is 5.93. The zero-order valence-electron chi connectivity index (χ0n) is 16.7. The first-order chi connectivity index (χ1) is 15.3. The van der Waals surface area contributed by atoms with Gasteiger partial charge in [0.1, 0.15) is 17.6 Å². The summed E-state index contributed by atoms with van der Waals surface area (Å²) in [6.45, 7) is 1.74. The number of anilines is 1. The van der Waals surface area contributed by atoms with Crippen molar-refractivity contribution < 1.29 is 14.1 Å². The van der Waals surface area contributed by atoms with Crippen LogP contribution in [0.25, 0.3) is 11.3 Å². The number of nitrogens with zero attached hydrogens (tertiary/aromatic N) is 1. The summed E-state index contributed by atoms with van der Waals surface area (Å²) in [4.78, 5) is 24.0. The van der Waals surface area contributed by atoms with Gasteiger partial charge in [0.2, 0.25) is 0 Å². The molecule has 0 aliphatic carbocycles. The number of carbonyl (C=O) groups is 1. The highest BCUT2D eigenvalue weighted by molar-refractivity contribution is 7.80. The maximum atomic E-state index is 13.1. The van der Waals surface area contributed by atoms with Crippen molar-refractivity contribution >= 4 is 46.2 Å². The van der Waals surface area contributed by atoms with Gasteiger partial charge in [0.05, 0.1) is 16.1 Å². The quantitative estimate of drug-likeness (QED) is 0.276. The number of para-hydroxylation sites is 1. The summed E-state index contributed by atoms with van der Waals surface area (Å²) in [5.41, 5.74) is 1.69. The molecular weight excluding hydrogens is 452 g/mol. The lowest BCUT2D eigenvalue weighted by atomic mass is 10.00. The summed E-state index contributed by atoms with van der Waals surface area (Å²) in [6.07, 6.45) is 0. The van der Waals surface area contributed by atoms with Crippen LogP contribution in [-0.4, -0.2) is 15.9 Å². The number of allylic oxidation sites excluding steroid dienone is 1. The Morgan fingerprint density at radius 1 is 1.19 bits per heavy atom. The second-order valence-electron chi connectivity index (χ2n) is 7.01. The van der Waals surface area contributed by atoms with E-state index in [1.165, 1.54) is 12.1 Å². The van der Waals surface area contributed by atoms with Gasteiger partial charge in [0, 0.05) is 22.5 Å². The van der Waals surface area contributed by atoms with Crippen LogP contribution < -0.4 is 16.0 Å². The molecule has 1 aliphatic heterocycles. The molecule has 0 radical (unpaired) electrons. The van der Waals surface area contributed by atoms with E-state index in [0.29, 0.717) is 27.8 Å². The molecule has 10 heteroatoms. The molecule has 1 aromatic heterocycles. The zero-order valence-corrected chi connectivity index (χ0v) is 18.3. The monoisotopic (exact) mass is 468 g/mol. The van der Waals surface area contributed by atoms with Crippen LogP contribution in [-0.2, 0) is 4.79 Å². The smallest absolute Gasteiger partial charge is 0.281 e. The van der Waals surface area contributed by atoms with Gasteiger partial charge < -0.3 is 20.4 Å². The number of rotatable bonds is 5. The van der Waals surface area contributed by atoms with Crippen LogP contribution in [0.3, 0.4) is 0 Å². The van der Waals surface area contributed by atoms with Gasteiger partial charge >= 0.3 is 0 Å². The van der Waals surface area contributed by atoms with Crippen molar-refractivity contribution in [2.45, 2.75) is 13.0 Å². The number of halogens is 1. The summed E-state index contributed by atoms with van der Waals surface area (Å²) in [7, 11) is 0. The van der Waals surface area contributed by atoms with E-state index in [4.69, 9.17) is 28.2 Å². The number of hydrogen-bond donors (Lipinski definition) is 3. The third-order valence-electron chi connectivity index (χ3n) is 4.88. The fourth-order valence-corrected chi connectivity index (χ4v) is 3.88. The summed E-state index contributed by atoms with van der Waals surface area (Å²) >= 11 is 11.2. The van der Waals surface area contributed by atoms with E-state index in [1.807, 2.05) is 18.2 Å². The number of amides is 1. The highest BCUT2D eigenvalue weighted by Gasteiger charge is 2.32. The van der Waals surface area contributed by atoms with Crippen molar-refractivity contribution in [3.05, 3.63) is 92.8 Å². The molecule has 8 nitrogen and oxygen atoms in total. The van der Waals surface area contributed by atoms with Crippen LogP contribution >= 0.6 is 23.8 Å². The van der Waals surface area contributed by atoms with Crippen LogP contribution in [0.2, 0.25) is 5.02 Å². The highest BCUT2D eigenvalue weighted by Crippen LogP contribution is 2.36. The van der Waals surface area contributed by atoms with Crippen molar-refractivity contribution in [2.75, 3.05) is 5.32 Å². The number of carbonyl (C=O) groups excluding carboxylic acids is 1. The van der Waals surface area contributed by atoms with E-state index in [9.17, 15) is 14.9 Å². The van der Waals surface area contributed by atoms with Crippen molar-refractivity contribution in [2.24, 2.45) is 0 Å². The van der Waals surface area contributed by atoms with Crippen LogP contribution in [0.4, 0.5) is 11.4 Å². The van der Waals surface area contributed by atoms with Gasteiger partial charge in [0.25, 0.3) is 11.6 Å². The maximum Gasteiger partial charge on any atom is 0.281 e. The number of thiocarbonyl (C=S) groups is 1. The Hall–Kier alpha value is -3.69. The molecule has 2 aromatic carbocycles. The Labute approximate surface area is 193 Å². The van der Waals surface area contributed by atoms with Gasteiger partial charge in [-0.05, 0) is 55.5 Å². The van der Waals surface area contributed by atoms with Crippen LogP contribution in [0.15, 0.2) is 76.4 Å². The van der Waals surface area contributed by atoms with Crippen LogP contribution in [0, 0.1) is 10.1 Å². The van der Waals surface area contributed by atoms with Gasteiger partial charge in [-0.3, -0.25) is 14.9 Å². The number of nitro groups is 1. The molecule has 0 unspecified atom stereocenters. The van der Waals surface area contributed by atoms with Gasteiger partial charge in [-0.2, -0.15) is 0 Å². The van der Waals surface area contributed by atoms with E-state index in [0.717, 1.165) is 0 Å². The molecule has 1 aliphatic rings. The molecule has 3 aromatic rings. The summed E-state index contributed by atoms with van der Waals surface area (Å²) in [5, 5.41) is 20.9. The number of benzene rings is 2. The van der Waals surface area contributed by atoms with Crippen molar-refractivity contribution in [1.82, 2.24) is 10.6 Å². The lowest BCUT2D eigenvalue weighted by Crippen LogP contribution is -2.45. The molecule has 2 heterocycles. The molecule has 0 bridgehead atoms. The largest absolute Gasteiger partial charge is 0.458 e. The molecule has 3 N–H and O–H groups in total. The molecular formula is C22H17ClN4O4S. The second kappa shape index (κ2) is 8.81.